The molecular weight excluding hydrogens is 370 g/mol. The van der Waals surface area contributed by atoms with Crippen LogP contribution in [0.2, 0.25) is 0 Å². The van der Waals surface area contributed by atoms with Crippen molar-refractivity contribution in [2.45, 2.75) is 18.4 Å². The molecule has 0 aromatic rings. The summed E-state index contributed by atoms with van der Waals surface area (Å²) in [6.07, 6.45) is -4.51. The van der Waals surface area contributed by atoms with E-state index in [0.29, 0.717) is 0 Å². The van der Waals surface area contributed by atoms with Gasteiger partial charge in [0.25, 0.3) is 0 Å². The van der Waals surface area contributed by atoms with Crippen LogP contribution in [0.25, 0.3) is 0 Å². The molecule has 0 heterocycles. The molecule has 6 N–H and O–H groups in total. The van der Waals surface area contributed by atoms with Crippen molar-refractivity contribution >= 4 is 34.5 Å². The van der Waals surface area contributed by atoms with Gasteiger partial charge < -0.3 is 28.0 Å². The van der Waals surface area contributed by atoms with Crippen molar-refractivity contribution in [3.05, 3.63) is 0 Å². The fraction of sp³-hybridized carbons (Fsp3) is 0.429. The number of hydrogen-bond donors (Lipinski definition) is 6. The quantitative estimate of drug-likeness (QED) is 0.112. The molecular formula is C7H12Na2O13S. The third-order valence-electron chi connectivity index (χ3n) is 1.48. The fourth-order valence-electron chi connectivity index (χ4n) is 0.836. The average molecular weight is 382 g/mol. The van der Waals surface area contributed by atoms with Crippen LogP contribution in [0.15, 0.2) is 0 Å². The number of carboxylic acid groups (broad SMARTS) is 3. The number of carbonyl (C=O) groups is 4. The zero-order chi connectivity index (χ0) is 17.4. The van der Waals surface area contributed by atoms with Crippen LogP contribution >= 0.6 is 0 Å². The van der Waals surface area contributed by atoms with Gasteiger partial charge in [-0.05, 0) is 0 Å². The van der Waals surface area contributed by atoms with Crippen LogP contribution in [0.5, 0.6) is 0 Å². The molecule has 23 heavy (non-hydrogen) atoms. The van der Waals surface area contributed by atoms with Gasteiger partial charge in [0.15, 0.2) is 5.60 Å². The minimum absolute atomic E-state index is 0. The second kappa shape index (κ2) is 13.1. The van der Waals surface area contributed by atoms with Crippen LogP contribution in [-0.2, 0) is 29.5 Å². The predicted molar refractivity (Wildman–Crippen MR) is 60.0 cm³/mol. The van der Waals surface area contributed by atoms with Crippen molar-refractivity contribution in [1.82, 2.24) is 0 Å². The first-order valence-electron chi connectivity index (χ1n) is 4.48. The number of carboxylic acids is 2. The van der Waals surface area contributed by atoms with E-state index in [2.05, 4.69) is 4.74 Å². The summed E-state index contributed by atoms with van der Waals surface area (Å²) in [6, 6.07) is 0. The minimum atomic E-state index is -4.67. The number of hydrogen-bond acceptors (Lipinski definition) is 8. The number of ether oxygens (including phenoxy) is 1. The number of carbonyl (C=O) groups excluding carboxylic acids is 1. The summed E-state index contributed by atoms with van der Waals surface area (Å²) in [7, 11) is -4.67. The largest absolute Gasteiger partial charge is 1.00 e. The monoisotopic (exact) mass is 382 g/mol. The molecule has 0 rings (SSSR count). The Balaban J connectivity index is -0.0000000887. The maximum absolute atomic E-state index is 10.7. The normalized spacial score (nSPS) is 12.0. The molecule has 1 atom stereocenters. The molecule has 0 aliphatic carbocycles. The van der Waals surface area contributed by atoms with E-state index in [1.54, 1.807) is 0 Å². The molecule has 0 saturated carbocycles. The molecule has 0 radical (unpaired) electrons. The molecule has 0 aromatic heterocycles. The third kappa shape index (κ3) is 21.7. The van der Waals surface area contributed by atoms with Crippen molar-refractivity contribution in [3.63, 3.8) is 0 Å². The zero-order valence-corrected chi connectivity index (χ0v) is 16.7. The van der Waals surface area contributed by atoms with Gasteiger partial charge in [-0.1, -0.05) is 0 Å². The zero-order valence-electron chi connectivity index (χ0n) is 13.9. The van der Waals surface area contributed by atoms with Crippen LogP contribution in [0, 0.1) is 0 Å². The summed E-state index contributed by atoms with van der Waals surface area (Å²) in [5, 5.41) is 34.1. The van der Waals surface area contributed by atoms with Crippen LogP contribution in [0.1, 0.15) is 15.7 Å². The fourth-order valence-corrected chi connectivity index (χ4v) is 0.836. The van der Waals surface area contributed by atoms with Crippen LogP contribution in [0.4, 0.5) is 4.79 Å². The molecule has 0 bridgehead atoms. The molecule has 0 aliphatic heterocycles. The predicted octanol–water partition coefficient (Wildman–Crippen LogP) is -7.53. The van der Waals surface area contributed by atoms with Gasteiger partial charge in [-0.3, -0.25) is 18.7 Å². The first-order chi connectivity index (χ1) is 9.17. The van der Waals surface area contributed by atoms with E-state index in [0.717, 1.165) is 0 Å². The first kappa shape index (κ1) is 30.6. The smallest absolute Gasteiger partial charge is 1.00 e. The third-order valence-corrected chi connectivity index (χ3v) is 1.48. The molecule has 126 valence electrons. The van der Waals surface area contributed by atoms with Crippen molar-refractivity contribution < 1.29 is 124 Å². The minimum Gasteiger partial charge on any atom is -1.00 e. The SMILES string of the molecule is O=C(O)CC(O)(CC(=O)OC(=O)O)C(=O)O.O=S(=O)(O)O.[H-].[H-].[Na+].[Na+]. The van der Waals surface area contributed by atoms with Crippen molar-refractivity contribution in [1.29, 1.82) is 0 Å². The van der Waals surface area contributed by atoms with E-state index in [1.165, 1.54) is 0 Å². The van der Waals surface area contributed by atoms with Gasteiger partial charge in [-0.15, -0.1) is 0 Å². The summed E-state index contributed by atoms with van der Waals surface area (Å²) >= 11 is 0. The Morgan fingerprint density at radius 1 is 0.957 bits per heavy atom. The molecule has 0 aromatic carbocycles. The molecule has 16 heteroatoms. The molecule has 13 nitrogen and oxygen atoms in total. The number of aliphatic hydroxyl groups is 1. The average Bonchev–Trinajstić information content (AvgIpc) is 2.10. The van der Waals surface area contributed by atoms with Gasteiger partial charge in [-0.25, -0.2) is 9.59 Å². The van der Waals surface area contributed by atoms with Gasteiger partial charge in [-0.2, -0.15) is 8.42 Å². The van der Waals surface area contributed by atoms with E-state index in [1.807, 2.05) is 0 Å². The van der Waals surface area contributed by atoms with E-state index in [-0.39, 0.29) is 62.0 Å². The molecule has 0 amide bonds. The van der Waals surface area contributed by atoms with E-state index in [4.69, 9.17) is 32.8 Å². The Morgan fingerprint density at radius 3 is 1.52 bits per heavy atom. The summed E-state index contributed by atoms with van der Waals surface area (Å²) in [5.74, 6) is -5.18. The van der Waals surface area contributed by atoms with Crippen LogP contribution in [0.3, 0.4) is 0 Å². The number of rotatable bonds is 5. The Hall–Kier alpha value is -0.290. The topological polar surface area (TPSA) is 233 Å². The summed E-state index contributed by atoms with van der Waals surface area (Å²) < 4.78 is 35.1. The van der Waals surface area contributed by atoms with Gasteiger partial charge in [0, 0.05) is 0 Å². The van der Waals surface area contributed by atoms with Crippen molar-refractivity contribution in [2.24, 2.45) is 0 Å². The van der Waals surface area contributed by atoms with Gasteiger partial charge in [0.2, 0.25) is 0 Å². The Morgan fingerprint density at radius 2 is 1.30 bits per heavy atom. The molecule has 0 fully saturated rings. The standard InChI is InChI=1S/C7H8O9.2Na.H2O4S.2H/c8-3(9)1-7(15,5(11)12)2-4(10)16-6(13)14;;;1-5(2,3)4;;/h15H,1-2H2,(H,8,9)(H,11,12)(H,13,14);;;(H2,1,2,3,4);;/q;2*+1;;2*-1. The summed E-state index contributed by atoms with van der Waals surface area (Å²) in [5.41, 5.74) is -2.89. The van der Waals surface area contributed by atoms with E-state index < -0.39 is 52.9 Å². The Kier molecular flexibility index (Phi) is 17.4. The number of aliphatic carboxylic acids is 2. The molecule has 0 spiro atoms. The van der Waals surface area contributed by atoms with Gasteiger partial charge in [0.1, 0.15) is 0 Å². The first-order valence-corrected chi connectivity index (χ1v) is 5.88. The summed E-state index contributed by atoms with van der Waals surface area (Å²) in [6.45, 7) is 0. The Labute approximate surface area is 175 Å². The molecule has 1 unspecified atom stereocenters. The summed E-state index contributed by atoms with van der Waals surface area (Å²) in [4.78, 5) is 41.4. The number of esters is 1. The van der Waals surface area contributed by atoms with Gasteiger partial charge >= 0.3 is 93.6 Å². The van der Waals surface area contributed by atoms with Gasteiger partial charge in [0.05, 0.1) is 12.8 Å². The van der Waals surface area contributed by atoms with Crippen molar-refractivity contribution in [2.75, 3.05) is 0 Å². The van der Waals surface area contributed by atoms with E-state index in [9.17, 15) is 24.3 Å². The van der Waals surface area contributed by atoms with Crippen molar-refractivity contribution in [3.8, 4) is 0 Å². The van der Waals surface area contributed by atoms with Crippen LogP contribution in [-0.4, -0.2) is 67.6 Å². The maximum atomic E-state index is 10.7. The Bertz CT molecular complexity index is 530. The molecule has 0 saturated heterocycles. The van der Waals surface area contributed by atoms with Crippen LogP contribution < -0.4 is 59.1 Å². The second-order valence-corrected chi connectivity index (χ2v) is 4.17. The van der Waals surface area contributed by atoms with E-state index >= 15 is 0 Å². The maximum Gasteiger partial charge on any atom is 1.00 e. The second-order valence-electron chi connectivity index (χ2n) is 3.27. The molecule has 0 aliphatic rings.